The van der Waals surface area contributed by atoms with E-state index in [4.69, 9.17) is 16.3 Å². The fourth-order valence-corrected chi connectivity index (χ4v) is 4.41. The zero-order valence-electron chi connectivity index (χ0n) is 21.8. The molecule has 38 heavy (non-hydrogen) atoms. The Morgan fingerprint density at radius 3 is 2.42 bits per heavy atom. The van der Waals surface area contributed by atoms with Crippen molar-refractivity contribution in [1.29, 1.82) is 0 Å². The van der Waals surface area contributed by atoms with E-state index in [1.54, 1.807) is 41.3 Å². The molecule has 0 radical (unpaired) electrons. The topological polar surface area (TPSA) is 87.7 Å². The van der Waals surface area contributed by atoms with Gasteiger partial charge in [0.1, 0.15) is 5.75 Å². The molecule has 0 unspecified atom stereocenters. The summed E-state index contributed by atoms with van der Waals surface area (Å²) in [6, 6.07) is 20.4. The van der Waals surface area contributed by atoms with Gasteiger partial charge in [0.2, 0.25) is 11.8 Å². The summed E-state index contributed by atoms with van der Waals surface area (Å²) in [7, 11) is 0. The molecular formula is C30H32ClN3O4. The third kappa shape index (κ3) is 6.92. The third-order valence-electron chi connectivity index (χ3n) is 6.58. The summed E-state index contributed by atoms with van der Waals surface area (Å²) in [5.41, 5.74) is 4.48. The van der Waals surface area contributed by atoms with Crippen molar-refractivity contribution in [3.8, 4) is 5.75 Å². The number of ether oxygens (including phenoxy) is 1. The Hall–Kier alpha value is -3.84. The van der Waals surface area contributed by atoms with Crippen molar-refractivity contribution < 1.29 is 19.1 Å². The lowest BCUT2D eigenvalue weighted by Crippen LogP contribution is -2.32. The van der Waals surface area contributed by atoms with Gasteiger partial charge in [-0.15, -0.1) is 0 Å². The van der Waals surface area contributed by atoms with Crippen LogP contribution in [0.2, 0.25) is 5.02 Å². The van der Waals surface area contributed by atoms with E-state index in [0.717, 1.165) is 11.1 Å². The van der Waals surface area contributed by atoms with Crippen LogP contribution in [0.25, 0.3) is 0 Å². The van der Waals surface area contributed by atoms with Crippen LogP contribution in [-0.4, -0.2) is 30.9 Å². The van der Waals surface area contributed by atoms with Crippen LogP contribution >= 0.6 is 11.6 Å². The maximum atomic E-state index is 12.7. The van der Waals surface area contributed by atoms with Crippen LogP contribution < -0.4 is 20.3 Å². The van der Waals surface area contributed by atoms with Gasteiger partial charge in [-0.3, -0.25) is 14.4 Å². The number of nitrogens with zero attached hydrogens (tertiary/aromatic N) is 1. The summed E-state index contributed by atoms with van der Waals surface area (Å²) in [4.78, 5) is 39.2. The first kappa shape index (κ1) is 27.2. The van der Waals surface area contributed by atoms with Gasteiger partial charge < -0.3 is 20.3 Å². The van der Waals surface area contributed by atoms with Crippen molar-refractivity contribution in [1.82, 2.24) is 5.32 Å². The average Bonchev–Trinajstić information content (AvgIpc) is 3.30. The molecule has 3 aromatic carbocycles. The van der Waals surface area contributed by atoms with Gasteiger partial charge in [-0.1, -0.05) is 55.8 Å². The number of amides is 3. The van der Waals surface area contributed by atoms with Gasteiger partial charge in [0.25, 0.3) is 5.91 Å². The van der Waals surface area contributed by atoms with Crippen molar-refractivity contribution >= 4 is 40.7 Å². The minimum absolute atomic E-state index is 0.101. The average molecular weight is 534 g/mol. The first-order valence-corrected chi connectivity index (χ1v) is 13.0. The molecule has 7 nitrogen and oxygen atoms in total. The van der Waals surface area contributed by atoms with Crippen molar-refractivity contribution in [2.24, 2.45) is 5.92 Å². The zero-order valence-corrected chi connectivity index (χ0v) is 22.5. The highest BCUT2D eigenvalue weighted by Gasteiger charge is 2.35. The zero-order chi connectivity index (χ0) is 27.2. The molecule has 0 spiro atoms. The first-order valence-electron chi connectivity index (χ1n) is 12.7. The molecule has 0 aliphatic carbocycles. The molecule has 1 aliphatic heterocycles. The molecule has 8 heteroatoms. The number of carbonyl (C=O) groups is 3. The molecule has 0 bridgehead atoms. The molecule has 0 aromatic heterocycles. The largest absolute Gasteiger partial charge is 0.484 e. The second kappa shape index (κ2) is 12.1. The van der Waals surface area contributed by atoms with E-state index in [0.29, 0.717) is 41.2 Å². The molecule has 1 atom stereocenters. The van der Waals surface area contributed by atoms with Crippen LogP contribution in [0, 0.1) is 12.8 Å². The summed E-state index contributed by atoms with van der Waals surface area (Å²) in [5, 5.41) is 6.28. The van der Waals surface area contributed by atoms with Crippen LogP contribution in [-0.2, 0) is 20.9 Å². The van der Waals surface area contributed by atoms with E-state index in [-0.39, 0.29) is 30.7 Å². The van der Waals surface area contributed by atoms with Gasteiger partial charge in [0.15, 0.2) is 6.61 Å². The molecule has 3 amide bonds. The first-order chi connectivity index (χ1) is 18.2. The third-order valence-corrected chi connectivity index (χ3v) is 6.99. The normalized spacial score (nSPS) is 15.0. The van der Waals surface area contributed by atoms with Crippen molar-refractivity contribution in [2.45, 2.75) is 39.7 Å². The van der Waals surface area contributed by atoms with Crippen LogP contribution in [0.15, 0.2) is 66.7 Å². The van der Waals surface area contributed by atoms with Gasteiger partial charge in [0, 0.05) is 35.9 Å². The number of hydrogen-bond acceptors (Lipinski definition) is 4. The minimum Gasteiger partial charge on any atom is -0.484 e. The molecule has 1 heterocycles. The maximum Gasteiger partial charge on any atom is 0.262 e. The van der Waals surface area contributed by atoms with Gasteiger partial charge >= 0.3 is 0 Å². The van der Waals surface area contributed by atoms with Gasteiger partial charge in [0.05, 0.1) is 5.92 Å². The van der Waals surface area contributed by atoms with Crippen molar-refractivity contribution in [3.63, 3.8) is 0 Å². The SMILES string of the molecule is Cc1ccc(NC(=O)COc2ccc(N3C[C@H](C(=O)NCc4ccc(C(C)C)cc4)CC3=O)cc2)cc1Cl. The smallest absolute Gasteiger partial charge is 0.262 e. The van der Waals surface area contributed by atoms with Crippen LogP contribution in [0.1, 0.15) is 42.9 Å². The minimum atomic E-state index is -0.410. The van der Waals surface area contributed by atoms with Crippen LogP contribution in [0.5, 0.6) is 5.75 Å². The second-order valence-electron chi connectivity index (χ2n) is 9.81. The highest BCUT2D eigenvalue weighted by Crippen LogP contribution is 2.27. The van der Waals surface area contributed by atoms with Crippen molar-refractivity contribution in [3.05, 3.63) is 88.4 Å². The lowest BCUT2D eigenvalue weighted by atomic mass is 10.0. The maximum absolute atomic E-state index is 12.7. The van der Waals surface area contributed by atoms with E-state index >= 15 is 0 Å². The van der Waals surface area contributed by atoms with Crippen molar-refractivity contribution in [2.75, 3.05) is 23.4 Å². The van der Waals surface area contributed by atoms with Gasteiger partial charge in [-0.2, -0.15) is 0 Å². The number of carbonyl (C=O) groups excluding carboxylic acids is 3. The molecule has 4 rings (SSSR count). The Balaban J connectivity index is 1.25. The van der Waals surface area contributed by atoms with E-state index in [9.17, 15) is 14.4 Å². The van der Waals surface area contributed by atoms with Crippen LogP contribution in [0.3, 0.4) is 0 Å². The summed E-state index contributed by atoms with van der Waals surface area (Å²) in [6.45, 7) is 6.75. The monoisotopic (exact) mass is 533 g/mol. The van der Waals surface area contributed by atoms with E-state index in [1.165, 1.54) is 5.56 Å². The van der Waals surface area contributed by atoms with Gasteiger partial charge in [-0.05, 0) is 65.9 Å². The number of aryl methyl sites for hydroxylation is 1. The quantitative estimate of drug-likeness (QED) is 0.382. The fourth-order valence-electron chi connectivity index (χ4n) is 4.23. The molecule has 198 valence electrons. The Morgan fingerprint density at radius 2 is 1.76 bits per heavy atom. The molecule has 1 saturated heterocycles. The Kier molecular flexibility index (Phi) is 8.69. The molecular weight excluding hydrogens is 502 g/mol. The second-order valence-corrected chi connectivity index (χ2v) is 10.2. The van der Waals surface area contributed by atoms with E-state index in [1.807, 2.05) is 25.1 Å². The van der Waals surface area contributed by atoms with Crippen LogP contribution in [0.4, 0.5) is 11.4 Å². The number of hydrogen-bond donors (Lipinski definition) is 2. The Morgan fingerprint density at radius 1 is 1.05 bits per heavy atom. The standard InChI is InChI=1S/C30H32ClN3O4/c1-19(2)22-7-5-21(6-8-22)16-32-30(37)23-14-29(36)34(17-23)25-10-12-26(13-11-25)38-18-28(35)33-24-9-4-20(3)27(31)15-24/h4-13,15,19,23H,14,16-18H2,1-3H3,(H,32,37)(H,33,35)/t23-/m1/s1. The molecule has 2 N–H and O–H groups in total. The molecule has 3 aromatic rings. The Labute approximate surface area is 228 Å². The number of benzene rings is 3. The highest BCUT2D eigenvalue weighted by atomic mass is 35.5. The summed E-state index contributed by atoms with van der Waals surface area (Å²) < 4.78 is 5.58. The fraction of sp³-hybridized carbons (Fsp3) is 0.300. The number of nitrogens with one attached hydrogen (secondary N) is 2. The summed E-state index contributed by atoms with van der Waals surface area (Å²) >= 11 is 6.10. The van der Waals surface area contributed by atoms with E-state index < -0.39 is 5.92 Å². The molecule has 0 saturated carbocycles. The predicted molar refractivity (Wildman–Crippen MR) is 150 cm³/mol. The number of rotatable bonds is 9. The molecule has 1 fully saturated rings. The predicted octanol–water partition coefficient (Wildman–Crippen LogP) is 5.46. The number of anilines is 2. The van der Waals surface area contributed by atoms with E-state index in [2.05, 4.69) is 36.6 Å². The van der Waals surface area contributed by atoms with Gasteiger partial charge in [-0.25, -0.2) is 0 Å². The Bertz CT molecular complexity index is 1310. The summed E-state index contributed by atoms with van der Waals surface area (Å²) in [6.07, 6.45) is 0.166. The molecule has 1 aliphatic rings. The summed E-state index contributed by atoms with van der Waals surface area (Å²) in [5.74, 6) is 0.000268. The lowest BCUT2D eigenvalue weighted by Gasteiger charge is -2.17. The lowest BCUT2D eigenvalue weighted by molar-refractivity contribution is -0.126. The number of halogens is 1. The highest BCUT2D eigenvalue weighted by molar-refractivity contribution is 6.31.